The van der Waals surface area contributed by atoms with Gasteiger partial charge in [0.05, 0.1) is 17.7 Å². The standard InChI is InChI=1S/C17H21N3O/c1-13(16-9-5-6-10-19-16)20-17(21)15(12-18)11-14-7-3-2-4-8-14/h2-10,13,15H,11-12,18H2,1H3,(H,20,21). The summed E-state index contributed by atoms with van der Waals surface area (Å²) in [5, 5.41) is 2.99. The number of carbonyl (C=O) groups is 1. The molecule has 3 N–H and O–H groups in total. The van der Waals surface area contributed by atoms with E-state index in [9.17, 15) is 4.79 Å². The van der Waals surface area contributed by atoms with Crippen molar-refractivity contribution in [3.8, 4) is 0 Å². The molecule has 0 saturated carbocycles. The monoisotopic (exact) mass is 283 g/mol. The molecule has 1 aromatic heterocycles. The molecule has 0 aliphatic carbocycles. The third-order valence-corrected chi connectivity index (χ3v) is 3.47. The number of pyridine rings is 1. The SMILES string of the molecule is CC(NC(=O)C(CN)Cc1ccccc1)c1ccccn1. The summed E-state index contributed by atoms with van der Waals surface area (Å²) in [4.78, 5) is 16.6. The first kappa shape index (κ1) is 15.2. The van der Waals surface area contributed by atoms with Crippen LogP contribution >= 0.6 is 0 Å². The summed E-state index contributed by atoms with van der Waals surface area (Å²) in [7, 11) is 0. The molecular formula is C17H21N3O. The molecule has 0 fully saturated rings. The lowest BCUT2D eigenvalue weighted by Crippen LogP contribution is -2.37. The van der Waals surface area contributed by atoms with Crippen molar-refractivity contribution in [2.24, 2.45) is 11.7 Å². The average molecular weight is 283 g/mol. The van der Waals surface area contributed by atoms with E-state index >= 15 is 0 Å². The van der Waals surface area contributed by atoms with Crippen LogP contribution < -0.4 is 11.1 Å². The maximum Gasteiger partial charge on any atom is 0.225 e. The number of benzene rings is 1. The van der Waals surface area contributed by atoms with Gasteiger partial charge in [0.15, 0.2) is 0 Å². The second kappa shape index (κ2) is 7.55. The van der Waals surface area contributed by atoms with Crippen LogP contribution in [0.1, 0.15) is 24.2 Å². The molecule has 1 aromatic carbocycles. The van der Waals surface area contributed by atoms with Crippen LogP contribution in [0.4, 0.5) is 0 Å². The van der Waals surface area contributed by atoms with Crippen molar-refractivity contribution in [1.82, 2.24) is 10.3 Å². The number of amides is 1. The average Bonchev–Trinajstić information content (AvgIpc) is 2.54. The Bertz CT molecular complexity index is 557. The van der Waals surface area contributed by atoms with Gasteiger partial charge in [-0.05, 0) is 31.0 Å². The van der Waals surface area contributed by atoms with Crippen molar-refractivity contribution in [2.75, 3.05) is 6.54 Å². The van der Waals surface area contributed by atoms with Gasteiger partial charge in [0, 0.05) is 12.7 Å². The van der Waals surface area contributed by atoms with Crippen LogP contribution in [-0.4, -0.2) is 17.4 Å². The lowest BCUT2D eigenvalue weighted by Gasteiger charge is -2.19. The molecule has 2 unspecified atom stereocenters. The number of nitrogens with two attached hydrogens (primary N) is 1. The molecule has 0 saturated heterocycles. The van der Waals surface area contributed by atoms with E-state index in [1.165, 1.54) is 0 Å². The van der Waals surface area contributed by atoms with Crippen LogP contribution in [-0.2, 0) is 11.2 Å². The minimum atomic E-state index is -0.224. The van der Waals surface area contributed by atoms with Gasteiger partial charge in [-0.3, -0.25) is 9.78 Å². The van der Waals surface area contributed by atoms with Gasteiger partial charge < -0.3 is 11.1 Å². The van der Waals surface area contributed by atoms with Crippen LogP contribution in [0.25, 0.3) is 0 Å². The number of nitrogens with zero attached hydrogens (tertiary/aromatic N) is 1. The number of hydrogen-bond acceptors (Lipinski definition) is 3. The third kappa shape index (κ3) is 4.39. The molecule has 110 valence electrons. The molecular weight excluding hydrogens is 262 g/mol. The highest BCUT2D eigenvalue weighted by Gasteiger charge is 2.19. The van der Waals surface area contributed by atoms with Crippen molar-refractivity contribution in [2.45, 2.75) is 19.4 Å². The normalized spacial score (nSPS) is 13.4. The molecule has 4 nitrogen and oxygen atoms in total. The van der Waals surface area contributed by atoms with E-state index in [0.29, 0.717) is 13.0 Å². The fraction of sp³-hybridized carbons (Fsp3) is 0.294. The predicted molar refractivity (Wildman–Crippen MR) is 83.5 cm³/mol. The largest absolute Gasteiger partial charge is 0.348 e. The summed E-state index contributed by atoms with van der Waals surface area (Å²) in [6, 6.07) is 15.5. The molecule has 1 heterocycles. The number of hydrogen-bond donors (Lipinski definition) is 2. The number of carbonyl (C=O) groups excluding carboxylic acids is 1. The minimum Gasteiger partial charge on any atom is -0.348 e. The van der Waals surface area contributed by atoms with E-state index in [1.807, 2.05) is 55.5 Å². The molecule has 0 spiro atoms. The van der Waals surface area contributed by atoms with Crippen molar-refractivity contribution >= 4 is 5.91 Å². The zero-order valence-corrected chi connectivity index (χ0v) is 12.2. The van der Waals surface area contributed by atoms with E-state index in [4.69, 9.17) is 5.73 Å². The van der Waals surface area contributed by atoms with E-state index < -0.39 is 0 Å². The second-order valence-corrected chi connectivity index (χ2v) is 5.11. The van der Waals surface area contributed by atoms with Crippen LogP contribution in [0.3, 0.4) is 0 Å². The zero-order chi connectivity index (χ0) is 15.1. The van der Waals surface area contributed by atoms with Gasteiger partial charge in [0.1, 0.15) is 0 Å². The molecule has 0 aliphatic rings. The van der Waals surface area contributed by atoms with Crippen LogP contribution in [0.15, 0.2) is 54.7 Å². The van der Waals surface area contributed by atoms with Gasteiger partial charge in [0.2, 0.25) is 5.91 Å². The summed E-state index contributed by atoms with van der Waals surface area (Å²) in [5.41, 5.74) is 7.73. The lowest BCUT2D eigenvalue weighted by molar-refractivity contribution is -0.125. The second-order valence-electron chi connectivity index (χ2n) is 5.11. The summed E-state index contributed by atoms with van der Waals surface area (Å²) >= 11 is 0. The first-order valence-electron chi connectivity index (χ1n) is 7.16. The third-order valence-electron chi connectivity index (χ3n) is 3.47. The summed E-state index contributed by atoms with van der Waals surface area (Å²) in [6.07, 6.45) is 2.38. The first-order valence-corrected chi connectivity index (χ1v) is 7.16. The highest BCUT2D eigenvalue weighted by atomic mass is 16.1. The van der Waals surface area contributed by atoms with E-state index in [2.05, 4.69) is 10.3 Å². The van der Waals surface area contributed by atoms with Crippen molar-refractivity contribution in [1.29, 1.82) is 0 Å². The fourth-order valence-electron chi connectivity index (χ4n) is 2.22. The quantitative estimate of drug-likeness (QED) is 0.853. The van der Waals surface area contributed by atoms with Gasteiger partial charge in [-0.15, -0.1) is 0 Å². The number of aromatic nitrogens is 1. The van der Waals surface area contributed by atoms with E-state index in [-0.39, 0.29) is 17.9 Å². The molecule has 1 amide bonds. The van der Waals surface area contributed by atoms with Gasteiger partial charge in [-0.2, -0.15) is 0 Å². The summed E-state index contributed by atoms with van der Waals surface area (Å²) < 4.78 is 0. The highest BCUT2D eigenvalue weighted by Crippen LogP contribution is 2.12. The Balaban J connectivity index is 1.97. The van der Waals surface area contributed by atoms with Crippen LogP contribution in [0.5, 0.6) is 0 Å². The predicted octanol–water partition coefficient (Wildman–Crippen LogP) is 2.08. The summed E-state index contributed by atoms with van der Waals surface area (Å²) in [6.45, 7) is 2.26. The smallest absolute Gasteiger partial charge is 0.225 e. The molecule has 0 radical (unpaired) electrons. The molecule has 2 atom stereocenters. The Kier molecular flexibility index (Phi) is 5.46. The highest BCUT2D eigenvalue weighted by molar-refractivity contribution is 5.79. The Hall–Kier alpha value is -2.20. The lowest BCUT2D eigenvalue weighted by atomic mass is 9.98. The molecule has 0 bridgehead atoms. The first-order chi connectivity index (χ1) is 10.2. The van der Waals surface area contributed by atoms with Crippen molar-refractivity contribution in [3.63, 3.8) is 0 Å². The molecule has 2 rings (SSSR count). The van der Waals surface area contributed by atoms with Gasteiger partial charge >= 0.3 is 0 Å². The van der Waals surface area contributed by atoms with Crippen molar-refractivity contribution < 1.29 is 4.79 Å². The molecule has 2 aromatic rings. The van der Waals surface area contributed by atoms with Crippen molar-refractivity contribution in [3.05, 3.63) is 66.0 Å². The number of nitrogens with one attached hydrogen (secondary N) is 1. The Morgan fingerprint density at radius 2 is 1.90 bits per heavy atom. The maximum absolute atomic E-state index is 12.3. The zero-order valence-electron chi connectivity index (χ0n) is 12.2. The fourth-order valence-corrected chi connectivity index (χ4v) is 2.22. The van der Waals surface area contributed by atoms with E-state index in [1.54, 1.807) is 6.20 Å². The topological polar surface area (TPSA) is 68.0 Å². The molecule has 21 heavy (non-hydrogen) atoms. The Morgan fingerprint density at radius 1 is 1.19 bits per heavy atom. The Morgan fingerprint density at radius 3 is 2.52 bits per heavy atom. The van der Waals surface area contributed by atoms with E-state index in [0.717, 1.165) is 11.3 Å². The van der Waals surface area contributed by atoms with Gasteiger partial charge in [-0.1, -0.05) is 36.4 Å². The van der Waals surface area contributed by atoms with Crippen LogP contribution in [0.2, 0.25) is 0 Å². The Labute approximate surface area is 125 Å². The van der Waals surface area contributed by atoms with Gasteiger partial charge in [-0.25, -0.2) is 0 Å². The maximum atomic E-state index is 12.3. The van der Waals surface area contributed by atoms with Gasteiger partial charge in [0.25, 0.3) is 0 Å². The minimum absolute atomic E-state index is 0.0282. The summed E-state index contributed by atoms with van der Waals surface area (Å²) in [5.74, 6) is -0.252. The molecule has 0 aliphatic heterocycles. The van der Waals surface area contributed by atoms with Crippen LogP contribution in [0, 0.1) is 5.92 Å². The number of rotatable bonds is 6. The molecule has 4 heteroatoms.